The number of aromatic nitrogens is 2. The maximum absolute atomic E-state index is 5.58. The lowest BCUT2D eigenvalue weighted by Crippen LogP contribution is -2.06. The van der Waals surface area contributed by atoms with Gasteiger partial charge in [0.25, 0.3) is 6.01 Å². The van der Waals surface area contributed by atoms with Crippen LogP contribution in [0, 0.1) is 6.92 Å². The Labute approximate surface area is 104 Å². The molecule has 0 bridgehead atoms. The lowest BCUT2D eigenvalue weighted by molar-refractivity contribution is 0.448. The van der Waals surface area contributed by atoms with E-state index in [1.54, 1.807) is 6.20 Å². The Kier molecular flexibility index (Phi) is 2.51. The van der Waals surface area contributed by atoms with E-state index < -0.39 is 0 Å². The van der Waals surface area contributed by atoms with Crippen molar-refractivity contribution in [1.82, 2.24) is 9.97 Å². The summed E-state index contributed by atoms with van der Waals surface area (Å²) in [5.41, 5.74) is 1.59. The molecule has 0 aliphatic rings. The molecule has 0 aliphatic carbocycles. The number of rotatable bonds is 3. The summed E-state index contributed by atoms with van der Waals surface area (Å²) < 4.78 is 11.0. The third kappa shape index (κ3) is 1.95. The summed E-state index contributed by atoms with van der Waals surface area (Å²) in [7, 11) is 0. The number of aryl methyl sites for hydroxylation is 1. The number of nitrogens with zero attached hydrogens (tertiary/aromatic N) is 2. The normalized spacial score (nSPS) is 12.8. The Bertz CT molecular complexity index is 638. The fraction of sp³-hybridized carbons (Fsp3) is 0.231. The Morgan fingerprint density at radius 3 is 2.78 bits per heavy atom. The molecule has 0 saturated heterocycles. The quantitative estimate of drug-likeness (QED) is 0.764. The molecule has 0 saturated carbocycles. The highest BCUT2D eigenvalue weighted by atomic mass is 16.4. The summed E-state index contributed by atoms with van der Waals surface area (Å²) in [5.74, 6) is 1.41. The number of hydrogen-bond donors (Lipinski definition) is 1. The molecule has 1 N–H and O–H groups in total. The first-order valence-electron chi connectivity index (χ1n) is 5.77. The van der Waals surface area contributed by atoms with Crippen molar-refractivity contribution in [2.75, 3.05) is 5.32 Å². The van der Waals surface area contributed by atoms with Gasteiger partial charge in [-0.2, -0.15) is 4.98 Å². The maximum Gasteiger partial charge on any atom is 0.296 e. The molecule has 1 aromatic carbocycles. The van der Waals surface area contributed by atoms with Crippen LogP contribution in [0.3, 0.4) is 0 Å². The first kappa shape index (κ1) is 10.8. The van der Waals surface area contributed by atoms with Crippen molar-refractivity contribution in [2.24, 2.45) is 0 Å². The van der Waals surface area contributed by atoms with Gasteiger partial charge in [0.1, 0.15) is 17.3 Å². The zero-order valence-corrected chi connectivity index (χ0v) is 10.2. The predicted octanol–water partition coefficient (Wildman–Crippen LogP) is 3.30. The monoisotopic (exact) mass is 243 g/mol. The summed E-state index contributed by atoms with van der Waals surface area (Å²) >= 11 is 0. The molecule has 0 fully saturated rings. The second kappa shape index (κ2) is 4.18. The number of nitrogens with one attached hydrogen (secondary N) is 1. The first-order chi connectivity index (χ1) is 8.72. The van der Waals surface area contributed by atoms with Crippen LogP contribution in [0.1, 0.15) is 24.6 Å². The van der Waals surface area contributed by atoms with Gasteiger partial charge in [-0.3, -0.25) is 0 Å². The number of para-hydroxylation sites is 2. The highest BCUT2D eigenvalue weighted by Crippen LogP contribution is 2.22. The van der Waals surface area contributed by atoms with Gasteiger partial charge in [0, 0.05) is 0 Å². The molecule has 2 heterocycles. The third-order valence-electron chi connectivity index (χ3n) is 2.64. The van der Waals surface area contributed by atoms with Crippen molar-refractivity contribution < 1.29 is 8.83 Å². The summed E-state index contributed by atoms with van der Waals surface area (Å²) in [6.07, 6.45) is 1.69. The molecule has 0 aliphatic heterocycles. The molecule has 3 rings (SSSR count). The van der Waals surface area contributed by atoms with Gasteiger partial charge in [0.05, 0.1) is 6.20 Å². The van der Waals surface area contributed by atoms with Gasteiger partial charge < -0.3 is 14.2 Å². The van der Waals surface area contributed by atoms with E-state index in [0.717, 1.165) is 16.9 Å². The van der Waals surface area contributed by atoms with Gasteiger partial charge >= 0.3 is 0 Å². The van der Waals surface area contributed by atoms with Crippen molar-refractivity contribution in [3.05, 3.63) is 42.1 Å². The second-order valence-corrected chi connectivity index (χ2v) is 4.16. The van der Waals surface area contributed by atoms with E-state index in [1.807, 2.05) is 38.1 Å². The van der Waals surface area contributed by atoms with E-state index >= 15 is 0 Å². The second-order valence-electron chi connectivity index (χ2n) is 4.16. The zero-order valence-electron chi connectivity index (χ0n) is 10.2. The molecule has 2 aromatic heterocycles. The number of anilines is 1. The van der Waals surface area contributed by atoms with Gasteiger partial charge in [-0.15, -0.1) is 0 Å². The van der Waals surface area contributed by atoms with Crippen molar-refractivity contribution in [3.63, 3.8) is 0 Å². The molecule has 0 radical (unpaired) electrons. The van der Waals surface area contributed by atoms with Crippen LogP contribution in [0.15, 0.2) is 39.3 Å². The fourth-order valence-electron chi connectivity index (χ4n) is 1.75. The van der Waals surface area contributed by atoms with Crippen LogP contribution >= 0.6 is 0 Å². The van der Waals surface area contributed by atoms with Crippen LogP contribution in [-0.2, 0) is 0 Å². The van der Waals surface area contributed by atoms with E-state index in [4.69, 9.17) is 8.83 Å². The van der Waals surface area contributed by atoms with E-state index in [9.17, 15) is 0 Å². The maximum atomic E-state index is 5.58. The van der Waals surface area contributed by atoms with Crippen molar-refractivity contribution in [3.8, 4) is 0 Å². The first-order valence-corrected chi connectivity index (χ1v) is 5.77. The van der Waals surface area contributed by atoms with Gasteiger partial charge in [-0.25, -0.2) is 4.98 Å². The molecular formula is C13H13N3O2. The Balaban J connectivity index is 1.83. The Morgan fingerprint density at radius 1 is 1.22 bits per heavy atom. The Morgan fingerprint density at radius 2 is 2.06 bits per heavy atom. The topological polar surface area (TPSA) is 64.1 Å². The Hall–Kier alpha value is -2.30. The molecule has 1 unspecified atom stereocenters. The van der Waals surface area contributed by atoms with Crippen LogP contribution in [-0.4, -0.2) is 9.97 Å². The number of hydrogen-bond acceptors (Lipinski definition) is 5. The van der Waals surface area contributed by atoms with Gasteiger partial charge in [0.2, 0.25) is 5.89 Å². The minimum atomic E-state index is -0.0910. The standard InChI is InChI=1S/C13H13N3O2/c1-8-7-14-12(17-8)9(2)15-13-16-10-5-3-4-6-11(10)18-13/h3-7,9H,1-2H3,(H,15,16). The van der Waals surface area contributed by atoms with E-state index in [-0.39, 0.29) is 6.04 Å². The third-order valence-corrected chi connectivity index (χ3v) is 2.64. The summed E-state index contributed by atoms with van der Waals surface area (Å²) in [6, 6.07) is 8.01. The zero-order chi connectivity index (χ0) is 12.5. The van der Waals surface area contributed by atoms with Crippen LogP contribution in [0.2, 0.25) is 0 Å². The van der Waals surface area contributed by atoms with E-state index in [0.29, 0.717) is 11.9 Å². The molecular weight excluding hydrogens is 230 g/mol. The number of oxazole rings is 2. The van der Waals surface area contributed by atoms with Gasteiger partial charge in [-0.05, 0) is 26.0 Å². The minimum Gasteiger partial charge on any atom is -0.444 e. The number of benzene rings is 1. The predicted molar refractivity (Wildman–Crippen MR) is 67.3 cm³/mol. The summed E-state index contributed by atoms with van der Waals surface area (Å²) in [6.45, 7) is 3.81. The molecule has 3 aromatic rings. The van der Waals surface area contributed by atoms with Crippen LogP contribution in [0.25, 0.3) is 11.1 Å². The average molecular weight is 243 g/mol. The highest BCUT2D eigenvalue weighted by molar-refractivity contribution is 5.74. The molecule has 0 spiro atoms. The smallest absolute Gasteiger partial charge is 0.296 e. The minimum absolute atomic E-state index is 0.0910. The largest absolute Gasteiger partial charge is 0.444 e. The van der Waals surface area contributed by atoms with E-state index in [1.165, 1.54) is 0 Å². The average Bonchev–Trinajstić information content (AvgIpc) is 2.94. The SMILES string of the molecule is Cc1cnc(C(C)Nc2nc3ccccc3o2)o1. The lowest BCUT2D eigenvalue weighted by Gasteiger charge is -2.06. The molecule has 5 heteroatoms. The number of fused-ring (bicyclic) bond motifs is 1. The fourth-order valence-corrected chi connectivity index (χ4v) is 1.75. The van der Waals surface area contributed by atoms with Crippen molar-refractivity contribution in [2.45, 2.75) is 19.9 Å². The van der Waals surface area contributed by atoms with Crippen molar-refractivity contribution in [1.29, 1.82) is 0 Å². The molecule has 92 valence electrons. The van der Waals surface area contributed by atoms with Crippen LogP contribution < -0.4 is 5.32 Å². The summed E-state index contributed by atoms with van der Waals surface area (Å²) in [5, 5.41) is 3.13. The molecule has 18 heavy (non-hydrogen) atoms. The lowest BCUT2D eigenvalue weighted by atomic mass is 10.3. The summed E-state index contributed by atoms with van der Waals surface area (Å²) in [4.78, 5) is 8.50. The van der Waals surface area contributed by atoms with Crippen molar-refractivity contribution >= 4 is 17.1 Å². The molecule has 0 amide bonds. The molecule has 5 nitrogen and oxygen atoms in total. The van der Waals surface area contributed by atoms with Crippen LogP contribution in [0.5, 0.6) is 0 Å². The van der Waals surface area contributed by atoms with Crippen LogP contribution in [0.4, 0.5) is 6.01 Å². The van der Waals surface area contributed by atoms with Gasteiger partial charge in [-0.1, -0.05) is 12.1 Å². The highest BCUT2D eigenvalue weighted by Gasteiger charge is 2.14. The molecule has 1 atom stereocenters. The van der Waals surface area contributed by atoms with Gasteiger partial charge in [0.15, 0.2) is 5.58 Å². The van der Waals surface area contributed by atoms with E-state index in [2.05, 4.69) is 15.3 Å².